The predicted octanol–water partition coefficient (Wildman–Crippen LogP) is 4.44. The van der Waals surface area contributed by atoms with Gasteiger partial charge in [0.2, 0.25) is 0 Å². The van der Waals surface area contributed by atoms with Gasteiger partial charge in [0.05, 0.1) is 4.92 Å². The van der Waals surface area contributed by atoms with Crippen molar-refractivity contribution >= 4 is 11.4 Å². The van der Waals surface area contributed by atoms with Crippen LogP contribution in [0.1, 0.15) is 5.56 Å². The average molecular weight is 344 g/mol. The number of halogens is 4. The molecular weight excluding hydrogens is 332 g/mol. The van der Waals surface area contributed by atoms with E-state index >= 15 is 0 Å². The number of anilines is 1. The van der Waals surface area contributed by atoms with Crippen LogP contribution in [0.2, 0.25) is 0 Å². The van der Waals surface area contributed by atoms with Crippen LogP contribution in [0.25, 0.3) is 0 Å². The Bertz CT molecular complexity index is 725. The molecule has 0 unspecified atom stereocenters. The third kappa shape index (κ3) is 4.58. The molecule has 0 spiro atoms. The van der Waals surface area contributed by atoms with Gasteiger partial charge in [-0.3, -0.25) is 10.1 Å². The first-order chi connectivity index (χ1) is 11.3. The fraction of sp³-hybridized carbons (Fsp3) is 0.200. The highest BCUT2D eigenvalue weighted by Crippen LogP contribution is 2.28. The SMILES string of the molecule is O=[N+]([O-])c1cccc(NCc2cccc(OC(F)(F)C(F)F)c2)c1. The van der Waals surface area contributed by atoms with Gasteiger partial charge in [0.15, 0.2) is 0 Å². The topological polar surface area (TPSA) is 64.4 Å². The summed E-state index contributed by atoms with van der Waals surface area (Å²) in [5.41, 5.74) is 0.825. The molecule has 0 saturated carbocycles. The van der Waals surface area contributed by atoms with Crippen molar-refractivity contribution in [3.8, 4) is 5.75 Å². The second kappa shape index (κ2) is 7.16. The van der Waals surface area contributed by atoms with Crippen molar-refractivity contribution in [1.29, 1.82) is 0 Å². The van der Waals surface area contributed by atoms with Gasteiger partial charge in [-0.25, -0.2) is 0 Å². The highest BCUT2D eigenvalue weighted by molar-refractivity contribution is 5.51. The summed E-state index contributed by atoms with van der Waals surface area (Å²) in [5.74, 6) is -0.404. The molecule has 0 aliphatic heterocycles. The van der Waals surface area contributed by atoms with Crippen molar-refractivity contribution in [1.82, 2.24) is 0 Å². The number of nitro groups is 1. The molecule has 128 valence electrons. The number of hydrogen-bond acceptors (Lipinski definition) is 4. The van der Waals surface area contributed by atoms with E-state index < -0.39 is 23.2 Å². The second-order valence-electron chi connectivity index (χ2n) is 4.77. The van der Waals surface area contributed by atoms with Gasteiger partial charge < -0.3 is 10.1 Å². The van der Waals surface area contributed by atoms with Gasteiger partial charge in [-0.05, 0) is 23.8 Å². The minimum atomic E-state index is -4.58. The smallest absolute Gasteiger partial charge is 0.428 e. The molecule has 2 aromatic carbocycles. The third-order valence-corrected chi connectivity index (χ3v) is 2.96. The minimum Gasteiger partial charge on any atom is -0.428 e. The lowest BCUT2D eigenvalue weighted by molar-refractivity contribution is -0.384. The molecule has 5 nitrogen and oxygen atoms in total. The van der Waals surface area contributed by atoms with Gasteiger partial charge in [-0.15, -0.1) is 0 Å². The number of nitro benzene ring substituents is 1. The summed E-state index contributed by atoms with van der Waals surface area (Å²) in [6.07, 6.45) is -8.52. The molecule has 2 aromatic rings. The van der Waals surface area contributed by atoms with Crippen LogP contribution in [-0.4, -0.2) is 17.5 Å². The number of nitrogens with one attached hydrogen (secondary N) is 1. The van der Waals surface area contributed by atoms with E-state index in [9.17, 15) is 27.7 Å². The first-order valence-electron chi connectivity index (χ1n) is 6.70. The zero-order valence-corrected chi connectivity index (χ0v) is 12.1. The van der Waals surface area contributed by atoms with Gasteiger partial charge >= 0.3 is 12.5 Å². The minimum absolute atomic E-state index is 0.103. The molecule has 0 saturated heterocycles. The number of rotatable bonds is 7. The molecular formula is C15H12F4N2O3. The largest absolute Gasteiger partial charge is 0.461 e. The van der Waals surface area contributed by atoms with Crippen LogP contribution in [0.4, 0.5) is 28.9 Å². The van der Waals surface area contributed by atoms with Crippen LogP contribution in [0.5, 0.6) is 5.75 Å². The summed E-state index contributed by atoms with van der Waals surface area (Å²) < 4.78 is 54.0. The third-order valence-electron chi connectivity index (χ3n) is 2.96. The van der Waals surface area contributed by atoms with Gasteiger partial charge in [-0.2, -0.15) is 17.6 Å². The normalized spacial score (nSPS) is 11.4. The molecule has 0 aliphatic rings. The zero-order chi connectivity index (χ0) is 17.7. The Morgan fingerprint density at radius 2 is 1.88 bits per heavy atom. The van der Waals surface area contributed by atoms with Crippen LogP contribution < -0.4 is 10.1 Å². The maximum atomic E-state index is 12.9. The zero-order valence-electron chi connectivity index (χ0n) is 12.1. The molecule has 0 bridgehead atoms. The van der Waals surface area contributed by atoms with E-state index in [0.717, 1.165) is 6.07 Å². The maximum Gasteiger partial charge on any atom is 0.461 e. The maximum absolute atomic E-state index is 12.9. The van der Waals surface area contributed by atoms with Gasteiger partial charge in [0.1, 0.15) is 5.75 Å². The Hall–Kier alpha value is -2.84. The van der Waals surface area contributed by atoms with Gasteiger partial charge in [0.25, 0.3) is 5.69 Å². The Morgan fingerprint density at radius 3 is 2.54 bits per heavy atom. The lowest BCUT2D eigenvalue weighted by Gasteiger charge is -2.17. The van der Waals surface area contributed by atoms with E-state index in [0.29, 0.717) is 11.3 Å². The molecule has 0 radical (unpaired) electrons. The van der Waals surface area contributed by atoms with Crippen molar-refractivity contribution in [2.24, 2.45) is 0 Å². The molecule has 24 heavy (non-hydrogen) atoms. The molecule has 0 fully saturated rings. The van der Waals surface area contributed by atoms with Crippen LogP contribution >= 0.6 is 0 Å². The summed E-state index contributed by atoms with van der Waals surface area (Å²) in [4.78, 5) is 10.1. The van der Waals surface area contributed by atoms with Crippen molar-refractivity contribution in [3.05, 3.63) is 64.2 Å². The molecule has 2 rings (SSSR count). The number of nitrogens with zero attached hydrogens (tertiary/aromatic N) is 1. The monoisotopic (exact) mass is 344 g/mol. The number of benzene rings is 2. The van der Waals surface area contributed by atoms with Crippen molar-refractivity contribution < 1.29 is 27.2 Å². The number of ether oxygens (including phenoxy) is 1. The Labute approximate surface area is 134 Å². The summed E-state index contributed by atoms with van der Waals surface area (Å²) >= 11 is 0. The van der Waals surface area contributed by atoms with Crippen LogP contribution in [0.15, 0.2) is 48.5 Å². The summed E-state index contributed by atoms with van der Waals surface area (Å²) in [5, 5.41) is 13.6. The standard InChI is InChI=1S/C15H12F4N2O3/c16-14(17)15(18,19)24-13-6-1-3-10(7-13)9-20-11-4-2-5-12(8-11)21(22)23/h1-8,14,20H,9H2. The lowest BCUT2D eigenvalue weighted by Crippen LogP contribution is -2.33. The first-order valence-corrected chi connectivity index (χ1v) is 6.70. The molecule has 1 N–H and O–H groups in total. The van der Waals surface area contributed by atoms with Gasteiger partial charge in [0, 0.05) is 24.4 Å². The van der Waals surface area contributed by atoms with E-state index in [4.69, 9.17) is 0 Å². The van der Waals surface area contributed by atoms with Crippen molar-refractivity contribution in [2.75, 3.05) is 5.32 Å². The van der Waals surface area contributed by atoms with E-state index in [-0.39, 0.29) is 12.2 Å². The molecule has 0 aliphatic carbocycles. The van der Waals surface area contributed by atoms with E-state index in [2.05, 4.69) is 10.1 Å². The Balaban J connectivity index is 2.05. The van der Waals surface area contributed by atoms with Crippen molar-refractivity contribution in [2.45, 2.75) is 19.1 Å². The molecule has 0 amide bonds. The predicted molar refractivity (Wildman–Crippen MR) is 78.4 cm³/mol. The first kappa shape index (κ1) is 17.5. The van der Waals surface area contributed by atoms with Crippen LogP contribution in [0.3, 0.4) is 0 Å². The fourth-order valence-electron chi connectivity index (χ4n) is 1.85. The molecule has 9 heteroatoms. The number of hydrogen-bond donors (Lipinski definition) is 1. The fourth-order valence-corrected chi connectivity index (χ4v) is 1.85. The quantitative estimate of drug-likeness (QED) is 0.458. The molecule has 0 aromatic heterocycles. The Kier molecular flexibility index (Phi) is 5.22. The average Bonchev–Trinajstić information content (AvgIpc) is 2.53. The number of alkyl halides is 4. The molecule has 0 atom stereocenters. The lowest BCUT2D eigenvalue weighted by atomic mass is 10.2. The molecule has 0 heterocycles. The van der Waals surface area contributed by atoms with E-state index in [1.807, 2.05) is 0 Å². The summed E-state index contributed by atoms with van der Waals surface area (Å²) in [7, 11) is 0. The van der Waals surface area contributed by atoms with Crippen molar-refractivity contribution in [3.63, 3.8) is 0 Å². The number of non-ortho nitro benzene ring substituents is 1. The summed E-state index contributed by atoms with van der Waals surface area (Å²) in [6, 6.07) is 11.0. The van der Waals surface area contributed by atoms with Crippen LogP contribution in [0, 0.1) is 10.1 Å². The van der Waals surface area contributed by atoms with E-state index in [1.165, 1.54) is 30.3 Å². The highest BCUT2D eigenvalue weighted by atomic mass is 19.3. The summed E-state index contributed by atoms with van der Waals surface area (Å²) in [6.45, 7) is 0.138. The Morgan fingerprint density at radius 1 is 1.17 bits per heavy atom. The second-order valence-corrected chi connectivity index (χ2v) is 4.77. The highest BCUT2D eigenvalue weighted by Gasteiger charge is 2.43. The van der Waals surface area contributed by atoms with Gasteiger partial charge in [-0.1, -0.05) is 18.2 Å². The van der Waals surface area contributed by atoms with E-state index in [1.54, 1.807) is 12.1 Å². The van der Waals surface area contributed by atoms with Crippen LogP contribution in [-0.2, 0) is 6.54 Å².